The summed E-state index contributed by atoms with van der Waals surface area (Å²) >= 11 is 5.80. The number of carbonyl (C=O) groups is 2. The van der Waals surface area contributed by atoms with E-state index in [0.717, 1.165) is 22.5 Å². The number of methoxy groups -OCH3 is 1. The van der Waals surface area contributed by atoms with E-state index in [9.17, 15) is 14.7 Å². The number of ether oxygens (including phenoxy) is 1. The SMILES string of the molecule is COCC(=O)Nc1ccc(N2C(=S)N[C@@H](c3ccccn3)[C@H]2c2ccc(-c3ccc(C(=O)O)cc3)o2)cc1C. The van der Waals surface area contributed by atoms with Gasteiger partial charge in [0.05, 0.1) is 17.3 Å². The Morgan fingerprint density at radius 3 is 2.59 bits per heavy atom. The van der Waals surface area contributed by atoms with Gasteiger partial charge in [0.1, 0.15) is 24.2 Å². The normalized spacial score (nSPS) is 16.7. The van der Waals surface area contributed by atoms with Crippen LogP contribution in [0, 0.1) is 6.92 Å². The second-order valence-electron chi connectivity index (χ2n) is 9.06. The van der Waals surface area contributed by atoms with Crippen molar-refractivity contribution < 1.29 is 23.8 Å². The minimum Gasteiger partial charge on any atom is -0.478 e. The number of rotatable bonds is 8. The van der Waals surface area contributed by atoms with Crippen LogP contribution < -0.4 is 15.5 Å². The molecule has 2 aromatic heterocycles. The largest absolute Gasteiger partial charge is 0.478 e. The summed E-state index contributed by atoms with van der Waals surface area (Å²) in [6, 6.07) is 21.0. The number of benzene rings is 2. The van der Waals surface area contributed by atoms with Gasteiger partial charge in [-0.1, -0.05) is 18.2 Å². The lowest BCUT2D eigenvalue weighted by Crippen LogP contribution is -2.29. The third kappa shape index (κ3) is 5.38. The molecule has 3 heterocycles. The molecule has 4 aromatic rings. The van der Waals surface area contributed by atoms with Crippen molar-refractivity contribution in [2.24, 2.45) is 0 Å². The summed E-state index contributed by atoms with van der Waals surface area (Å²) in [7, 11) is 1.47. The highest BCUT2D eigenvalue weighted by Crippen LogP contribution is 2.43. The van der Waals surface area contributed by atoms with Crippen molar-refractivity contribution in [1.29, 1.82) is 0 Å². The molecule has 5 rings (SSSR count). The van der Waals surface area contributed by atoms with E-state index >= 15 is 0 Å². The zero-order chi connectivity index (χ0) is 27.5. The maximum Gasteiger partial charge on any atom is 0.335 e. The average molecular weight is 543 g/mol. The number of nitrogens with one attached hydrogen (secondary N) is 2. The number of hydrogen-bond donors (Lipinski definition) is 3. The molecule has 198 valence electrons. The van der Waals surface area contributed by atoms with E-state index in [-0.39, 0.29) is 30.2 Å². The minimum absolute atomic E-state index is 0.0327. The number of thiocarbonyl (C=S) groups is 1. The van der Waals surface area contributed by atoms with Gasteiger partial charge in [0.2, 0.25) is 5.91 Å². The first kappa shape index (κ1) is 26.1. The van der Waals surface area contributed by atoms with E-state index < -0.39 is 5.97 Å². The van der Waals surface area contributed by atoms with Crippen molar-refractivity contribution in [3.63, 3.8) is 0 Å². The molecule has 1 aliphatic rings. The maximum atomic E-state index is 12.0. The molecule has 0 spiro atoms. The quantitative estimate of drug-likeness (QED) is 0.261. The van der Waals surface area contributed by atoms with Crippen molar-refractivity contribution in [3.05, 3.63) is 102 Å². The number of aromatic carboxylic acids is 1. The lowest BCUT2D eigenvalue weighted by molar-refractivity contribution is -0.119. The zero-order valence-corrected chi connectivity index (χ0v) is 22.1. The van der Waals surface area contributed by atoms with E-state index in [1.54, 1.807) is 30.5 Å². The van der Waals surface area contributed by atoms with Crippen molar-refractivity contribution >= 4 is 40.6 Å². The van der Waals surface area contributed by atoms with E-state index in [1.807, 2.05) is 60.4 Å². The van der Waals surface area contributed by atoms with Crippen LogP contribution in [0.2, 0.25) is 0 Å². The second kappa shape index (κ2) is 11.1. The van der Waals surface area contributed by atoms with Gasteiger partial charge in [-0.15, -0.1) is 0 Å². The number of furan rings is 1. The molecular formula is C29H26N4O5S. The lowest BCUT2D eigenvalue weighted by atomic mass is 10.0. The predicted molar refractivity (Wildman–Crippen MR) is 151 cm³/mol. The third-order valence-corrected chi connectivity index (χ3v) is 6.78. The molecule has 10 heteroatoms. The number of pyridine rings is 1. The molecule has 0 radical (unpaired) electrons. The van der Waals surface area contributed by atoms with Crippen LogP contribution in [-0.2, 0) is 9.53 Å². The first-order valence-electron chi connectivity index (χ1n) is 12.2. The predicted octanol–water partition coefficient (Wildman–Crippen LogP) is 5.11. The van der Waals surface area contributed by atoms with Crippen LogP contribution in [0.4, 0.5) is 11.4 Å². The molecule has 1 amide bonds. The molecule has 1 saturated heterocycles. The molecule has 2 aromatic carbocycles. The fraction of sp³-hybridized carbons (Fsp3) is 0.172. The van der Waals surface area contributed by atoms with E-state index in [4.69, 9.17) is 21.4 Å². The summed E-state index contributed by atoms with van der Waals surface area (Å²) < 4.78 is 11.3. The Morgan fingerprint density at radius 1 is 1.13 bits per heavy atom. The molecule has 3 N–H and O–H groups in total. The number of aryl methyl sites for hydroxylation is 1. The lowest BCUT2D eigenvalue weighted by Gasteiger charge is -2.26. The van der Waals surface area contributed by atoms with Crippen molar-refractivity contribution in [1.82, 2.24) is 10.3 Å². The summed E-state index contributed by atoms with van der Waals surface area (Å²) in [4.78, 5) is 29.8. The van der Waals surface area contributed by atoms with Gasteiger partial charge in [-0.3, -0.25) is 9.78 Å². The molecule has 39 heavy (non-hydrogen) atoms. The van der Waals surface area contributed by atoms with Crippen LogP contribution >= 0.6 is 12.2 Å². The average Bonchev–Trinajstić information content (AvgIpc) is 3.55. The smallest absolute Gasteiger partial charge is 0.335 e. The molecular weight excluding hydrogens is 516 g/mol. The molecule has 1 aliphatic heterocycles. The van der Waals surface area contributed by atoms with Crippen molar-refractivity contribution in [2.75, 3.05) is 23.9 Å². The van der Waals surface area contributed by atoms with Gasteiger partial charge < -0.3 is 29.8 Å². The summed E-state index contributed by atoms with van der Waals surface area (Å²) in [5.74, 6) is 0.0391. The van der Waals surface area contributed by atoms with Gasteiger partial charge in [0.25, 0.3) is 0 Å². The highest BCUT2D eigenvalue weighted by Gasteiger charge is 2.42. The minimum atomic E-state index is -0.986. The fourth-order valence-electron chi connectivity index (χ4n) is 4.62. The van der Waals surface area contributed by atoms with E-state index in [2.05, 4.69) is 15.6 Å². The standard InChI is InChI=1S/C29H26N4O5S/c1-17-15-20(10-11-21(17)31-25(34)16-37-2)33-27(26(32-29(33)39)22-5-3-4-14-30-22)24-13-12-23(38-24)18-6-8-19(9-7-18)28(35)36/h3-15,26-27H,16H2,1-2H3,(H,31,34)(H,32,39)(H,35,36)/t26-,27+/m0/s1. The van der Waals surface area contributed by atoms with Gasteiger partial charge in [-0.2, -0.15) is 0 Å². The molecule has 9 nitrogen and oxygen atoms in total. The van der Waals surface area contributed by atoms with Crippen molar-refractivity contribution in [2.45, 2.75) is 19.0 Å². The molecule has 0 aliphatic carbocycles. The number of nitrogens with zero attached hydrogens (tertiary/aromatic N) is 2. The molecule has 1 fully saturated rings. The Labute approximate surface area is 230 Å². The number of carboxylic acid groups (broad SMARTS) is 1. The van der Waals surface area contributed by atoms with Gasteiger partial charge in [-0.25, -0.2) is 4.79 Å². The third-order valence-electron chi connectivity index (χ3n) is 6.47. The Morgan fingerprint density at radius 2 is 1.92 bits per heavy atom. The Kier molecular flexibility index (Phi) is 7.40. The maximum absolute atomic E-state index is 12.0. The topological polar surface area (TPSA) is 117 Å². The Bertz CT molecular complexity index is 1520. The first-order chi connectivity index (χ1) is 18.9. The number of carbonyl (C=O) groups excluding carboxylic acids is 1. The summed E-state index contributed by atoms with van der Waals surface area (Å²) in [5, 5.41) is 16.0. The molecule has 0 saturated carbocycles. The summed E-state index contributed by atoms with van der Waals surface area (Å²) in [6.07, 6.45) is 1.74. The monoisotopic (exact) mass is 542 g/mol. The fourth-order valence-corrected chi connectivity index (χ4v) is 4.97. The Balaban J connectivity index is 1.52. The first-order valence-corrected chi connectivity index (χ1v) is 12.6. The molecule has 0 bridgehead atoms. The van der Waals surface area contributed by atoms with E-state index in [1.165, 1.54) is 7.11 Å². The van der Waals surface area contributed by atoms with Crippen molar-refractivity contribution in [3.8, 4) is 11.3 Å². The summed E-state index contributed by atoms with van der Waals surface area (Å²) in [6.45, 7) is 1.88. The number of hydrogen-bond acceptors (Lipinski definition) is 6. The van der Waals surface area contributed by atoms with Crippen LogP contribution in [0.3, 0.4) is 0 Å². The molecule has 0 unspecified atom stereocenters. The zero-order valence-electron chi connectivity index (χ0n) is 21.3. The van der Waals surface area contributed by atoms with Crippen LogP contribution in [0.25, 0.3) is 11.3 Å². The van der Waals surface area contributed by atoms with Crippen LogP contribution in [0.15, 0.2) is 83.4 Å². The number of carboxylic acids is 1. The van der Waals surface area contributed by atoms with Gasteiger partial charge in [0, 0.05) is 30.2 Å². The van der Waals surface area contributed by atoms with E-state index in [0.29, 0.717) is 22.3 Å². The second-order valence-corrected chi connectivity index (χ2v) is 9.45. The molecule has 2 atom stereocenters. The number of anilines is 2. The summed E-state index contributed by atoms with van der Waals surface area (Å²) in [5.41, 5.74) is 4.13. The van der Waals surface area contributed by atoms with Gasteiger partial charge in [-0.05, 0) is 79.3 Å². The highest BCUT2D eigenvalue weighted by molar-refractivity contribution is 7.80. The van der Waals surface area contributed by atoms with Crippen LogP contribution in [0.5, 0.6) is 0 Å². The van der Waals surface area contributed by atoms with Crippen LogP contribution in [-0.4, -0.2) is 40.8 Å². The van der Waals surface area contributed by atoms with Gasteiger partial charge >= 0.3 is 5.97 Å². The Hall–Kier alpha value is -4.54. The number of aromatic nitrogens is 1. The number of amides is 1. The van der Waals surface area contributed by atoms with Crippen LogP contribution in [0.1, 0.15) is 39.5 Å². The van der Waals surface area contributed by atoms with Gasteiger partial charge in [0.15, 0.2) is 5.11 Å². The highest BCUT2D eigenvalue weighted by atomic mass is 32.1.